The number of aliphatic hydroxyl groups is 2. The molecule has 0 unspecified atom stereocenters. The van der Waals surface area contributed by atoms with Gasteiger partial charge in [-0.3, -0.25) is 43.2 Å². The summed E-state index contributed by atoms with van der Waals surface area (Å²) in [5, 5.41) is 44.5. The van der Waals surface area contributed by atoms with Gasteiger partial charge in [-0.1, -0.05) is 46.4 Å². The smallest absolute Gasteiger partial charge is 0.166 e. The van der Waals surface area contributed by atoms with E-state index in [-0.39, 0.29) is 36.3 Å². The Labute approximate surface area is 879 Å². The average molecular weight is 2110 g/mol. The molecule has 6 fully saturated rings. The number of ketones is 4. The number of aliphatic hydroxyl groups excluding tert-OH is 2. The number of imidazole rings is 8. The molecule has 0 bridgehead atoms. The van der Waals surface area contributed by atoms with Gasteiger partial charge in [-0.05, 0) is 196 Å². The maximum Gasteiger partial charge on any atom is 0.166 e. The van der Waals surface area contributed by atoms with Gasteiger partial charge in [0.25, 0.3) is 0 Å². The number of aryl methyl sites for hydroxylation is 4. The lowest BCUT2D eigenvalue weighted by atomic mass is 10.1. The lowest BCUT2D eigenvalue weighted by molar-refractivity contribution is 0.0343. The Balaban J connectivity index is 0.000000110. The molecule has 0 radical (unpaired) electrons. The van der Waals surface area contributed by atoms with E-state index in [9.17, 15) is 29.4 Å². The van der Waals surface area contributed by atoms with Crippen molar-refractivity contribution in [1.29, 1.82) is 0 Å². The first-order valence-electron chi connectivity index (χ1n) is 49.9. The van der Waals surface area contributed by atoms with Gasteiger partial charge in [0.2, 0.25) is 0 Å². The number of H-pyrrole nitrogens is 1. The summed E-state index contributed by atoms with van der Waals surface area (Å²) in [4.78, 5) is 89.3. The van der Waals surface area contributed by atoms with Gasteiger partial charge in [-0.25, -0.2) is 39.9 Å². The molecule has 2 aliphatic heterocycles. The maximum absolute atomic E-state index is 12.9. The van der Waals surface area contributed by atoms with E-state index in [0.29, 0.717) is 149 Å². The van der Waals surface area contributed by atoms with Gasteiger partial charge in [-0.15, -0.1) is 23.2 Å². The summed E-state index contributed by atoms with van der Waals surface area (Å²) < 4.78 is 31.6. The van der Waals surface area contributed by atoms with Crippen molar-refractivity contribution in [2.45, 2.75) is 178 Å². The van der Waals surface area contributed by atoms with Gasteiger partial charge in [0, 0.05) is 200 Å². The molecule has 26 rings (SSSR count). The van der Waals surface area contributed by atoms with E-state index in [1.54, 1.807) is 88.7 Å². The summed E-state index contributed by atoms with van der Waals surface area (Å²) in [5.74, 6) is 3.57. The number of halogens is 6. The highest BCUT2D eigenvalue weighted by atomic mass is 35.5. The quantitative estimate of drug-likeness (QED) is 0.0225. The third-order valence-corrected chi connectivity index (χ3v) is 28.8. The van der Waals surface area contributed by atoms with Crippen LogP contribution in [0.2, 0.25) is 20.1 Å². The number of hydrogen-bond acceptors (Lipinski definition) is 22. The van der Waals surface area contributed by atoms with Gasteiger partial charge in [0.1, 0.15) is 22.6 Å². The normalized spacial score (nSPS) is 14.8. The van der Waals surface area contributed by atoms with Crippen LogP contribution in [-0.4, -0.2) is 205 Å². The Morgan fingerprint density at radius 3 is 1.00 bits per heavy atom. The molecule has 0 aromatic carbocycles. The second-order valence-electron chi connectivity index (χ2n) is 38.3. The molecule has 2 saturated heterocycles. The fourth-order valence-electron chi connectivity index (χ4n) is 18.8. The number of aromatic amines is 1. The molecule has 40 heteroatoms. The summed E-state index contributed by atoms with van der Waals surface area (Å²) in [6.07, 6.45) is 57.9. The van der Waals surface area contributed by atoms with E-state index in [4.69, 9.17) is 94.0 Å². The van der Waals surface area contributed by atoms with Crippen LogP contribution in [0.1, 0.15) is 232 Å². The molecule has 22 heterocycles. The third-order valence-electron chi connectivity index (χ3n) is 27.3. The van der Waals surface area contributed by atoms with Gasteiger partial charge in [0.05, 0.1) is 211 Å². The number of morpholine rings is 2. The van der Waals surface area contributed by atoms with Crippen LogP contribution in [0.15, 0.2) is 222 Å². The average Bonchev–Trinajstić information content (AvgIpc) is 1.63. The minimum absolute atomic E-state index is 0.0149. The number of alkyl halides is 2. The highest BCUT2D eigenvalue weighted by molar-refractivity contribution is 6.32. The first-order chi connectivity index (χ1) is 72.3. The van der Waals surface area contributed by atoms with E-state index >= 15 is 0 Å². The molecule has 34 nitrogen and oxygen atoms in total. The highest BCUT2D eigenvalue weighted by Crippen LogP contribution is 2.44. The van der Waals surface area contributed by atoms with Crippen LogP contribution in [0.3, 0.4) is 0 Å². The van der Waals surface area contributed by atoms with E-state index in [0.717, 1.165) is 166 Å². The zero-order valence-electron chi connectivity index (χ0n) is 81.1. The highest BCUT2D eigenvalue weighted by Gasteiger charge is 2.31. The molecule has 0 atom stereocenters. The fourth-order valence-corrected chi connectivity index (χ4v) is 19.8. The van der Waals surface area contributed by atoms with Crippen molar-refractivity contribution in [2.24, 2.45) is 0 Å². The van der Waals surface area contributed by atoms with Crippen LogP contribution in [0.5, 0.6) is 0 Å². The number of carbonyl (C=O) groups is 4. The Morgan fingerprint density at radius 2 is 0.682 bits per heavy atom. The van der Waals surface area contributed by atoms with Crippen LogP contribution < -0.4 is 5.32 Å². The summed E-state index contributed by atoms with van der Waals surface area (Å²) in [7, 11) is 0. The van der Waals surface area contributed by atoms with Crippen molar-refractivity contribution < 1.29 is 38.9 Å². The van der Waals surface area contributed by atoms with Gasteiger partial charge in [0.15, 0.2) is 23.1 Å². The maximum atomic E-state index is 12.9. The van der Waals surface area contributed by atoms with E-state index in [1.165, 1.54) is 85.4 Å². The van der Waals surface area contributed by atoms with Crippen molar-refractivity contribution in [3.63, 3.8) is 0 Å². The molecule has 4 saturated carbocycles. The van der Waals surface area contributed by atoms with Gasteiger partial charge >= 0.3 is 0 Å². The van der Waals surface area contributed by atoms with Crippen molar-refractivity contribution in [2.75, 3.05) is 52.6 Å². The summed E-state index contributed by atoms with van der Waals surface area (Å²) in [5.41, 5.74) is 25.7. The van der Waals surface area contributed by atoms with Crippen molar-refractivity contribution in [3.8, 4) is 0 Å². The summed E-state index contributed by atoms with van der Waals surface area (Å²) >= 11 is 36.3. The second-order valence-corrected chi connectivity index (χ2v) is 40.5. The summed E-state index contributed by atoms with van der Waals surface area (Å²) in [6.45, 7) is 9.60. The molecule has 760 valence electrons. The van der Waals surface area contributed by atoms with Gasteiger partial charge < -0.3 is 60.2 Å². The molecule has 20 aromatic rings. The molecule has 4 aliphatic carbocycles. The van der Waals surface area contributed by atoms with Gasteiger partial charge in [-0.2, -0.15) is 20.4 Å². The second kappa shape index (κ2) is 45.7. The van der Waals surface area contributed by atoms with Crippen LogP contribution in [0.4, 0.5) is 0 Å². The first-order valence-corrected chi connectivity index (χ1v) is 52.4. The largest absolute Gasteiger partial charge is 0.392 e. The lowest BCUT2D eigenvalue weighted by Crippen LogP contribution is -2.35. The fraction of sp³-hybridized carbons (Fsp3) is 0.333. The molecule has 148 heavy (non-hydrogen) atoms. The molecule has 20 aromatic heterocycles. The van der Waals surface area contributed by atoms with E-state index in [1.807, 2.05) is 112 Å². The molecule has 0 spiro atoms. The molecule has 6 aliphatic rings. The zero-order valence-corrected chi connectivity index (χ0v) is 85.6. The first kappa shape index (κ1) is 100. The Kier molecular flexibility index (Phi) is 31.0. The van der Waals surface area contributed by atoms with Crippen LogP contribution in [-0.2, 0) is 86.3 Å². The number of nitrogens with one attached hydrogen (secondary N) is 2. The van der Waals surface area contributed by atoms with E-state index in [2.05, 4.69) is 125 Å². The number of aromatic nitrogens is 24. The van der Waals surface area contributed by atoms with Crippen molar-refractivity contribution >= 4 is 137 Å². The molecular formula is C108H108Cl6N26O8. The number of nitrogens with zero attached hydrogens (tertiary/aromatic N) is 24. The lowest BCUT2D eigenvalue weighted by Gasteiger charge is -2.26. The Morgan fingerprint density at radius 1 is 0.358 bits per heavy atom. The number of fused-ring (bicyclic) bond motifs is 8. The Hall–Kier alpha value is -13.5. The Bertz CT molecular complexity index is 7930. The predicted octanol–water partition coefficient (Wildman–Crippen LogP) is 18.4. The number of Topliss-reactive ketones (excluding diaryl/α,β-unsaturated/α-hetero) is 4. The number of ether oxygens (including phenoxy) is 2. The van der Waals surface area contributed by atoms with Crippen molar-refractivity contribution in [1.82, 2.24) is 125 Å². The predicted molar refractivity (Wildman–Crippen MR) is 563 cm³/mol. The van der Waals surface area contributed by atoms with E-state index < -0.39 is 0 Å². The van der Waals surface area contributed by atoms with Crippen LogP contribution in [0.25, 0.3) is 44.7 Å². The monoisotopic (exact) mass is 2110 g/mol. The molecular weight excluding hydrogens is 2000 g/mol. The standard InChI is InChI=1S/C29H30ClN7O2.C25H22Cl2N6O.C25H23ClN6O2.C13H11ClN4O.C12H13ClN2O.C4H9NO/c30-24-5-6-35-19-31-26(27(35)12-24)3-4-28(38)23-13-32-37(16-23)18-25-17-36-15-21(20-1-2-20)11-22(29(36)33-25)14-34-7-9-39-10-8-34;26-9-17-7-18(16-1-2-16)11-32-13-21(30-25(17)32)14-33-12-19(10-29-33)24(34)4-3-22-23-8-20(27)5-6-31(23)15-28-22;26-20-5-6-30-15-27-22(23(30)8-20)3-4-24(34)19-9-28-32(11-19)13-21-12-31-10-17(16-1-2-16)7-18(14-33)25(31)29-21;14-10-3-4-18-8-15-11(12(18)5-10)1-2-13(19)9-6-16-17-7-9;13-4-11-6-15-5-9(8-1-2-8)3-10(7-16)12(15)14-11;1-3-6-4-2-5-1/h5-6,11-13,15-17,19-20H,1-4,7-10,14,18H2;5-8,10-13,15-16H,1-4,9,14H2;5-12,15-16,33H,1-4,13-14H2;3-8H,1-2H2,(H,16,17);3,5-6,8,16H,1-2,4,7H2;5H,1-4H2. The third kappa shape index (κ3) is 24.4. The van der Waals surface area contributed by atoms with Crippen LogP contribution >= 0.6 is 69.6 Å². The molecule has 4 N–H and O–H groups in total. The molecule has 0 amide bonds. The number of hydrogen-bond donors (Lipinski definition) is 4. The number of pyridine rings is 8. The zero-order chi connectivity index (χ0) is 101. The SMILES string of the molecule is C1COCCN1.O=C(CCc1ncn2ccc(Cl)cc12)c1cn[nH]c1.O=C(CCc1ncn2ccc(Cl)cc12)c1cnn(Cc2cn3cc(C4CC4)cc(CCl)c3n2)c1.O=C(CCc1ncn2ccc(Cl)cc12)c1cnn(Cc2cn3cc(C4CC4)cc(CN4CCOCC4)c3n2)c1.O=C(CCc1ncn2ccc(Cl)cc12)c1cnn(Cc2cn3cc(C4CC4)cc(CO)c3n2)c1.OCc1cc(C2CC2)cn2cc(CCl)nc12. The number of carbonyl (C=O) groups excluding carboxylic acids is 4. The number of rotatable bonds is 32. The summed E-state index contributed by atoms with van der Waals surface area (Å²) in [6, 6.07) is 23.3. The minimum Gasteiger partial charge on any atom is -0.392 e. The van der Waals surface area contributed by atoms with Crippen LogP contribution in [0, 0.1) is 0 Å². The minimum atomic E-state index is -0.0425. The topological polar surface area (TPSA) is 363 Å². The van der Waals surface area contributed by atoms with Crippen molar-refractivity contribution in [3.05, 3.63) is 354 Å².